The molecule has 4 nitrogen and oxygen atoms in total. The van der Waals surface area contributed by atoms with Crippen LogP contribution in [-0.4, -0.2) is 16.1 Å². The molecule has 0 unspecified atom stereocenters. The quantitative estimate of drug-likeness (QED) is 0.877. The Morgan fingerprint density at radius 1 is 1.20 bits per heavy atom. The van der Waals surface area contributed by atoms with Crippen LogP contribution in [0.1, 0.15) is 36.7 Å². The molecule has 0 aliphatic rings. The van der Waals surface area contributed by atoms with E-state index in [1.807, 2.05) is 12.1 Å². The number of hydrogen-bond acceptors (Lipinski definition) is 3. The lowest BCUT2D eigenvalue weighted by atomic mass is 9.86. The van der Waals surface area contributed by atoms with Gasteiger partial charge in [-0.25, -0.2) is 4.79 Å². The first-order valence-corrected chi connectivity index (χ1v) is 6.39. The second kappa shape index (κ2) is 4.96. The highest BCUT2D eigenvalue weighted by atomic mass is 16.4. The maximum Gasteiger partial charge on any atom is 0.339 e. The van der Waals surface area contributed by atoms with E-state index in [4.69, 9.17) is 10.8 Å². The molecular formula is C16H18N2O2. The maximum absolute atomic E-state index is 10.9. The van der Waals surface area contributed by atoms with E-state index in [9.17, 15) is 4.79 Å². The Balaban J connectivity index is 2.37. The molecule has 0 aliphatic heterocycles. The van der Waals surface area contributed by atoms with E-state index in [1.165, 1.54) is 11.8 Å². The molecule has 1 heterocycles. The van der Waals surface area contributed by atoms with E-state index in [0.717, 1.165) is 5.56 Å². The van der Waals surface area contributed by atoms with Crippen molar-refractivity contribution in [2.45, 2.75) is 26.2 Å². The summed E-state index contributed by atoms with van der Waals surface area (Å²) in [6, 6.07) is 9.65. The van der Waals surface area contributed by atoms with Crippen molar-refractivity contribution >= 4 is 11.7 Å². The van der Waals surface area contributed by atoms with Gasteiger partial charge in [-0.15, -0.1) is 0 Å². The third kappa shape index (κ3) is 2.79. The van der Waals surface area contributed by atoms with Crippen LogP contribution in [0, 0.1) is 0 Å². The van der Waals surface area contributed by atoms with Crippen molar-refractivity contribution < 1.29 is 9.90 Å². The largest absolute Gasteiger partial charge is 0.478 e. The van der Waals surface area contributed by atoms with Crippen molar-refractivity contribution in [2.75, 3.05) is 5.73 Å². The molecule has 1 aromatic carbocycles. The zero-order valence-electron chi connectivity index (χ0n) is 11.8. The summed E-state index contributed by atoms with van der Waals surface area (Å²) in [6.45, 7) is 6.46. The van der Waals surface area contributed by atoms with Crippen molar-refractivity contribution in [1.29, 1.82) is 0 Å². The number of carboxylic acid groups (broad SMARTS) is 1. The Morgan fingerprint density at radius 2 is 1.80 bits per heavy atom. The van der Waals surface area contributed by atoms with Gasteiger partial charge >= 0.3 is 5.97 Å². The topological polar surface area (TPSA) is 76.2 Å². The minimum absolute atomic E-state index is 0.0278. The van der Waals surface area contributed by atoms with Crippen LogP contribution in [0.5, 0.6) is 0 Å². The van der Waals surface area contributed by atoms with E-state index in [2.05, 4.69) is 37.9 Å². The molecule has 0 fully saturated rings. The second-order valence-corrected chi connectivity index (χ2v) is 5.79. The summed E-state index contributed by atoms with van der Waals surface area (Å²) in [5.41, 5.74) is 8.91. The number of nitrogens with two attached hydrogens (primary N) is 1. The van der Waals surface area contributed by atoms with Gasteiger partial charge in [0.15, 0.2) is 0 Å². The van der Waals surface area contributed by atoms with Gasteiger partial charge in [-0.2, -0.15) is 0 Å². The maximum atomic E-state index is 10.9. The molecule has 0 saturated carbocycles. The highest BCUT2D eigenvalue weighted by Gasteiger charge is 2.14. The Hall–Kier alpha value is -2.36. The van der Waals surface area contributed by atoms with E-state index < -0.39 is 5.97 Å². The van der Waals surface area contributed by atoms with E-state index in [0.29, 0.717) is 5.69 Å². The molecule has 3 N–H and O–H groups in total. The van der Waals surface area contributed by atoms with Crippen LogP contribution in [-0.2, 0) is 5.41 Å². The lowest BCUT2D eigenvalue weighted by Gasteiger charge is -2.19. The number of pyridine rings is 1. The zero-order chi connectivity index (χ0) is 14.9. The first-order chi connectivity index (χ1) is 9.29. The fourth-order valence-corrected chi connectivity index (χ4v) is 1.95. The van der Waals surface area contributed by atoms with Crippen molar-refractivity contribution in [3.05, 3.63) is 47.7 Å². The number of aromatic nitrogens is 1. The fourth-order valence-electron chi connectivity index (χ4n) is 1.95. The fraction of sp³-hybridized carbons (Fsp3) is 0.250. The summed E-state index contributed by atoms with van der Waals surface area (Å²) in [5, 5.41) is 8.93. The van der Waals surface area contributed by atoms with Crippen molar-refractivity contribution in [3.8, 4) is 11.3 Å². The molecule has 0 saturated heterocycles. The van der Waals surface area contributed by atoms with Gasteiger partial charge < -0.3 is 10.8 Å². The number of benzene rings is 1. The smallest absolute Gasteiger partial charge is 0.339 e. The van der Waals surface area contributed by atoms with Gasteiger partial charge in [0.05, 0.1) is 5.69 Å². The predicted octanol–water partition coefficient (Wildman–Crippen LogP) is 3.33. The number of carbonyl (C=O) groups is 1. The number of nitrogen functional groups attached to an aromatic ring is 1. The molecule has 0 amide bonds. The minimum Gasteiger partial charge on any atom is -0.478 e. The molecule has 1 aromatic heterocycles. The van der Waals surface area contributed by atoms with Crippen LogP contribution in [0.2, 0.25) is 0 Å². The number of anilines is 1. The molecule has 0 bridgehead atoms. The first-order valence-electron chi connectivity index (χ1n) is 6.39. The Morgan fingerprint density at radius 3 is 2.25 bits per heavy atom. The number of rotatable bonds is 2. The van der Waals surface area contributed by atoms with Crippen LogP contribution in [0.4, 0.5) is 5.69 Å². The second-order valence-electron chi connectivity index (χ2n) is 5.79. The normalized spacial score (nSPS) is 11.3. The zero-order valence-corrected chi connectivity index (χ0v) is 11.8. The minimum atomic E-state index is -1.07. The van der Waals surface area contributed by atoms with E-state index >= 15 is 0 Å². The van der Waals surface area contributed by atoms with Crippen LogP contribution in [0.3, 0.4) is 0 Å². The number of aromatic carboxylic acids is 1. The van der Waals surface area contributed by atoms with Gasteiger partial charge in [0, 0.05) is 17.4 Å². The highest BCUT2D eigenvalue weighted by Crippen LogP contribution is 2.26. The van der Waals surface area contributed by atoms with Crippen molar-refractivity contribution in [1.82, 2.24) is 4.98 Å². The Kier molecular flexibility index (Phi) is 3.49. The van der Waals surface area contributed by atoms with Gasteiger partial charge in [-0.05, 0) is 17.0 Å². The van der Waals surface area contributed by atoms with Gasteiger partial charge in [0.25, 0.3) is 0 Å². The van der Waals surface area contributed by atoms with E-state index in [-0.39, 0.29) is 16.7 Å². The number of carboxylic acids is 1. The lowest BCUT2D eigenvalue weighted by Crippen LogP contribution is -2.10. The first kappa shape index (κ1) is 14.1. The Labute approximate surface area is 118 Å². The molecule has 104 valence electrons. The summed E-state index contributed by atoms with van der Waals surface area (Å²) < 4.78 is 0. The summed E-state index contributed by atoms with van der Waals surface area (Å²) in [6.07, 6.45) is 1.30. The Bertz CT molecular complexity index is 641. The van der Waals surface area contributed by atoms with Crippen LogP contribution in [0.25, 0.3) is 11.3 Å². The summed E-state index contributed by atoms with van der Waals surface area (Å²) >= 11 is 0. The van der Waals surface area contributed by atoms with Crippen LogP contribution in [0.15, 0.2) is 36.5 Å². The average Bonchev–Trinajstić information content (AvgIpc) is 2.37. The SMILES string of the molecule is CC(C)(C)c1ccc(-c2cc(N)c(C(=O)O)cn2)cc1. The van der Waals surface area contributed by atoms with Gasteiger partial charge in [-0.1, -0.05) is 45.0 Å². The molecule has 0 aliphatic carbocycles. The molecule has 0 spiro atoms. The van der Waals surface area contributed by atoms with Gasteiger partial charge in [0.2, 0.25) is 0 Å². The lowest BCUT2D eigenvalue weighted by molar-refractivity contribution is 0.0697. The number of nitrogens with zero attached hydrogens (tertiary/aromatic N) is 1. The third-order valence-corrected chi connectivity index (χ3v) is 3.21. The van der Waals surface area contributed by atoms with E-state index in [1.54, 1.807) is 6.07 Å². The highest BCUT2D eigenvalue weighted by molar-refractivity contribution is 5.93. The molecule has 0 radical (unpaired) electrons. The van der Waals surface area contributed by atoms with Crippen molar-refractivity contribution in [2.24, 2.45) is 0 Å². The van der Waals surface area contributed by atoms with Crippen LogP contribution >= 0.6 is 0 Å². The predicted molar refractivity (Wildman–Crippen MR) is 79.7 cm³/mol. The molecule has 0 atom stereocenters. The molecule has 2 aromatic rings. The summed E-state index contributed by atoms with van der Waals surface area (Å²) in [7, 11) is 0. The average molecular weight is 270 g/mol. The number of hydrogen-bond donors (Lipinski definition) is 2. The van der Waals surface area contributed by atoms with Crippen LogP contribution < -0.4 is 5.73 Å². The summed E-state index contributed by atoms with van der Waals surface area (Å²) in [5.74, 6) is -1.07. The third-order valence-electron chi connectivity index (χ3n) is 3.21. The molecular weight excluding hydrogens is 252 g/mol. The van der Waals surface area contributed by atoms with Gasteiger partial charge in [-0.3, -0.25) is 4.98 Å². The molecule has 4 heteroatoms. The van der Waals surface area contributed by atoms with Gasteiger partial charge in [0.1, 0.15) is 5.56 Å². The summed E-state index contributed by atoms with van der Waals surface area (Å²) in [4.78, 5) is 15.1. The van der Waals surface area contributed by atoms with Crippen molar-refractivity contribution in [3.63, 3.8) is 0 Å². The molecule has 2 rings (SSSR count). The monoisotopic (exact) mass is 270 g/mol. The molecule has 20 heavy (non-hydrogen) atoms. The standard InChI is InChI=1S/C16H18N2O2/c1-16(2,3)11-6-4-10(5-7-11)14-8-13(17)12(9-18-14)15(19)20/h4-9H,1-3H3,(H2,17,18)(H,19,20).